The molecule has 2 saturated heterocycles. The molecule has 6 heteroatoms. The fourth-order valence-corrected chi connectivity index (χ4v) is 5.30. The van der Waals surface area contributed by atoms with Crippen LogP contribution in [0.3, 0.4) is 0 Å². The number of carbonyl (C=O) groups is 2. The summed E-state index contributed by atoms with van der Waals surface area (Å²) in [5.41, 5.74) is 10.7. The van der Waals surface area contributed by atoms with Crippen molar-refractivity contribution in [1.82, 2.24) is 9.88 Å². The van der Waals surface area contributed by atoms with Crippen molar-refractivity contribution in [1.29, 1.82) is 0 Å². The third kappa shape index (κ3) is 3.16. The molecule has 1 aromatic carbocycles. The summed E-state index contributed by atoms with van der Waals surface area (Å²) in [7, 11) is 0. The number of fused-ring (bicyclic) bond motifs is 3. The maximum absolute atomic E-state index is 13.2. The molecule has 30 heavy (non-hydrogen) atoms. The van der Waals surface area contributed by atoms with Crippen molar-refractivity contribution in [3.8, 4) is 0 Å². The van der Waals surface area contributed by atoms with Gasteiger partial charge in [0.25, 0.3) is 11.8 Å². The molecule has 2 aromatic rings. The van der Waals surface area contributed by atoms with Crippen LogP contribution in [0, 0.1) is 6.92 Å². The van der Waals surface area contributed by atoms with Gasteiger partial charge in [-0.15, -0.1) is 0 Å². The fourth-order valence-electron chi connectivity index (χ4n) is 5.30. The van der Waals surface area contributed by atoms with Gasteiger partial charge in [-0.25, -0.2) is 0 Å². The molecule has 0 spiro atoms. The second-order valence-electron chi connectivity index (χ2n) is 8.66. The number of benzene rings is 1. The van der Waals surface area contributed by atoms with E-state index in [1.165, 1.54) is 0 Å². The summed E-state index contributed by atoms with van der Waals surface area (Å²) in [5, 5.41) is 3.61. The Labute approximate surface area is 176 Å². The molecule has 5 rings (SSSR count). The minimum absolute atomic E-state index is 0.134. The molecule has 0 saturated carbocycles. The number of hydrogen-bond acceptors (Lipinski definition) is 4. The lowest BCUT2D eigenvalue weighted by Gasteiger charge is -2.40. The lowest BCUT2D eigenvalue weighted by Crippen LogP contribution is -2.49. The van der Waals surface area contributed by atoms with E-state index in [2.05, 4.69) is 21.3 Å². The number of amides is 2. The van der Waals surface area contributed by atoms with Gasteiger partial charge in [0, 0.05) is 41.9 Å². The monoisotopic (exact) mass is 402 g/mol. The lowest BCUT2D eigenvalue weighted by atomic mass is 9.95. The van der Waals surface area contributed by atoms with Crippen LogP contribution in [-0.4, -0.2) is 39.8 Å². The molecule has 2 fully saturated rings. The smallest absolute Gasteiger partial charge is 0.254 e. The van der Waals surface area contributed by atoms with E-state index in [1.807, 2.05) is 37.3 Å². The van der Waals surface area contributed by atoms with Crippen LogP contribution < -0.4 is 11.1 Å². The number of aryl methyl sites for hydroxylation is 1. The largest absolute Gasteiger partial charge is 0.381 e. The number of aromatic nitrogens is 1. The second kappa shape index (κ2) is 7.27. The van der Waals surface area contributed by atoms with Gasteiger partial charge in [-0.1, -0.05) is 29.8 Å². The molecule has 1 unspecified atom stereocenters. The number of carbonyl (C=O) groups excluding carboxylic acids is 2. The van der Waals surface area contributed by atoms with Crippen LogP contribution >= 0.6 is 0 Å². The maximum atomic E-state index is 13.2. The van der Waals surface area contributed by atoms with Crippen LogP contribution in [0.15, 0.2) is 36.5 Å². The van der Waals surface area contributed by atoms with Crippen molar-refractivity contribution in [2.75, 3.05) is 5.32 Å². The Morgan fingerprint density at radius 2 is 1.97 bits per heavy atom. The summed E-state index contributed by atoms with van der Waals surface area (Å²) in [6, 6.07) is 8.47. The van der Waals surface area contributed by atoms with E-state index in [4.69, 9.17) is 5.73 Å². The van der Waals surface area contributed by atoms with E-state index in [-0.39, 0.29) is 24.0 Å². The van der Waals surface area contributed by atoms with Crippen LogP contribution in [0.4, 0.5) is 5.69 Å². The van der Waals surface area contributed by atoms with Crippen LogP contribution in [0.5, 0.6) is 0 Å². The van der Waals surface area contributed by atoms with Crippen LogP contribution in [0.1, 0.15) is 63.2 Å². The van der Waals surface area contributed by atoms with Gasteiger partial charge < -0.3 is 16.0 Å². The second-order valence-corrected chi connectivity index (χ2v) is 8.66. The SMILES string of the molecule is Cc1cccc(C(=O)N2[C@@H]3CC[C@H]2CC(Nc2c(C(N)=O)cnc4c2C=CC4)C3)c1. The van der Waals surface area contributed by atoms with E-state index in [9.17, 15) is 9.59 Å². The van der Waals surface area contributed by atoms with Crippen molar-refractivity contribution in [2.45, 2.75) is 57.2 Å². The highest BCUT2D eigenvalue weighted by atomic mass is 16.2. The third-order valence-corrected chi connectivity index (χ3v) is 6.64. The Kier molecular flexibility index (Phi) is 4.57. The zero-order chi connectivity index (χ0) is 20.8. The molecule has 6 nitrogen and oxygen atoms in total. The molecule has 3 heterocycles. The molecule has 1 aliphatic carbocycles. The molecule has 3 aliphatic rings. The third-order valence-electron chi connectivity index (χ3n) is 6.64. The topological polar surface area (TPSA) is 88.3 Å². The lowest BCUT2D eigenvalue weighted by molar-refractivity contribution is 0.0583. The number of rotatable bonds is 4. The normalized spacial score (nSPS) is 24.0. The molecule has 2 amide bonds. The first-order chi connectivity index (χ1) is 14.5. The van der Waals surface area contributed by atoms with Gasteiger partial charge in [0.15, 0.2) is 0 Å². The highest BCUT2D eigenvalue weighted by Gasteiger charge is 2.43. The summed E-state index contributed by atoms with van der Waals surface area (Å²) < 4.78 is 0. The summed E-state index contributed by atoms with van der Waals surface area (Å²) in [6.45, 7) is 2.01. The Hall–Kier alpha value is -3.15. The number of nitrogens with one attached hydrogen (secondary N) is 1. The van der Waals surface area contributed by atoms with E-state index in [0.717, 1.165) is 60.2 Å². The Morgan fingerprint density at radius 3 is 2.67 bits per heavy atom. The van der Waals surface area contributed by atoms with Gasteiger partial charge in [0.2, 0.25) is 0 Å². The summed E-state index contributed by atoms with van der Waals surface area (Å²) >= 11 is 0. The highest BCUT2D eigenvalue weighted by Crippen LogP contribution is 2.39. The number of nitrogens with two attached hydrogens (primary N) is 1. The standard InChI is InChI=1S/C24H26N4O2/c1-14-4-2-5-15(10-14)24(30)28-17-8-9-18(28)12-16(11-17)27-22-19-6-3-7-21(19)26-13-20(22)23(25)29/h2-6,10,13,16-18H,7-9,11-12H2,1H3,(H2,25,29)(H,26,27)/t16?,17-,18+. The van der Waals surface area contributed by atoms with Crippen LogP contribution in [-0.2, 0) is 6.42 Å². The number of pyridine rings is 1. The van der Waals surface area contributed by atoms with Gasteiger partial charge in [-0.05, 0) is 44.7 Å². The average molecular weight is 402 g/mol. The van der Waals surface area contributed by atoms with E-state index in [1.54, 1.807) is 6.20 Å². The van der Waals surface area contributed by atoms with Crippen molar-refractivity contribution < 1.29 is 9.59 Å². The maximum Gasteiger partial charge on any atom is 0.254 e. The van der Waals surface area contributed by atoms with Gasteiger partial charge in [0.05, 0.1) is 16.9 Å². The van der Waals surface area contributed by atoms with Gasteiger partial charge in [-0.2, -0.15) is 0 Å². The van der Waals surface area contributed by atoms with Crippen molar-refractivity contribution >= 4 is 23.6 Å². The summed E-state index contributed by atoms with van der Waals surface area (Å²) in [5.74, 6) is -0.335. The van der Waals surface area contributed by atoms with Crippen molar-refractivity contribution in [3.63, 3.8) is 0 Å². The Morgan fingerprint density at radius 1 is 1.20 bits per heavy atom. The van der Waals surface area contributed by atoms with E-state index >= 15 is 0 Å². The molecule has 154 valence electrons. The molecule has 2 bridgehead atoms. The molecule has 3 N–H and O–H groups in total. The first kappa shape index (κ1) is 18.9. The van der Waals surface area contributed by atoms with E-state index < -0.39 is 5.91 Å². The molecule has 0 radical (unpaired) electrons. The van der Waals surface area contributed by atoms with Gasteiger partial charge >= 0.3 is 0 Å². The molecular weight excluding hydrogens is 376 g/mol. The number of nitrogens with zero attached hydrogens (tertiary/aromatic N) is 2. The zero-order valence-corrected chi connectivity index (χ0v) is 17.1. The number of anilines is 1. The van der Waals surface area contributed by atoms with Gasteiger partial charge in [-0.3, -0.25) is 14.6 Å². The predicted molar refractivity (Wildman–Crippen MR) is 116 cm³/mol. The average Bonchev–Trinajstić information content (AvgIpc) is 3.30. The Bertz CT molecular complexity index is 1050. The van der Waals surface area contributed by atoms with E-state index in [0.29, 0.717) is 5.56 Å². The minimum atomic E-state index is -0.469. The zero-order valence-electron chi connectivity index (χ0n) is 17.1. The van der Waals surface area contributed by atoms with Crippen LogP contribution in [0.25, 0.3) is 6.08 Å². The number of hydrogen-bond donors (Lipinski definition) is 2. The van der Waals surface area contributed by atoms with Gasteiger partial charge in [0.1, 0.15) is 0 Å². The fraction of sp³-hybridized carbons (Fsp3) is 0.375. The minimum Gasteiger partial charge on any atom is -0.381 e. The number of primary amides is 1. The molecule has 1 aromatic heterocycles. The predicted octanol–water partition coefficient (Wildman–Crippen LogP) is 3.31. The quantitative estimate of drug-likeness (QED) is 0.821. The first-order valence-corrected chi connectivity index (χ1v) is 10.7. The van der Waals surface area contributed by atoms with Crippen molar-refractivity contribution in [2.24, 2.45) is 5.73 Å². The Balaban J connectivity index is 1.38. The van der Waals surface area contributed by atoms with Crippen LogP contribution in [0.2, 0.25) is 0 Å². The van der Waals surface area contributed by atoms with Crippen molar-refractivity contribution in [3.05, 3.63) is 64.5 Å². The number of allylic oxidation sites excluding steroid dienone is 1. The molecular formula is C24H26N4O2. The molecule has 2 aliphatic heterocycles. The molecule has 3 atom stereocenters. The summed E-state index contributed by atoms with van der Waals surface area (Å²) in [6.07, 6.45) is 10.2. The number of piperidine rings is 1. The summed E-state index contributed by atoms with van der Waals surface area (Å²) in [4.78, 5) is 31.7. The highest BCUT2D eigenvalue weighted by molar-refractivity contribution is 6.00. The first-order valence-electron chi connectivity index (χ1n) is 10.7.